The molecule has 0 radical (unpaired) electrons. The molecule has 1 aromatic heterocycles. The van der Waals surface area contributed by atoms with Crippen molar-refractivity contribution in [3.63, 3.8) is 0 Å². The maximum atomic E-state index is 5.89. The molecule has 138 valence electrons. The average molecular weight is 361 g/mol. The van der Waals surface area contributed by atoms with E-state index in [4.69, 9.17) is 9.26 Å². The van der Waals surface area contributed by atoms with Crippen LogP contribution in [0.25, 0.3) is 11.1 Å². The summed E-state index contributed by atoms with van der Waals surface area (Å²) in [5.74, 6) is 1.60. The van der Waals surface area contributed by atoms with Gasteiger partial charge in [0.25, 0.3) is 0 Å². The first-order chi connectivity index (χ1) is 13.2. The van der Waals surface area contributed by atoms with E-state index in [0.717, 1.165) is 29.2 Å². The minimum atomic E-state index is -0.256. The number of hydrogen-bond acceptors (Lipinski definition) is 5. The van der Waals surface area contributed by atoms with Gasteiger partial charge in [-0.05, 0) is 43.7 Å². The standard InChI is InChI=1S/C22H23N3O2/c1-15-16(2)27-24-21(15)25-11-12-26-22(25)18-9-10-20(19(13-18)14-23-3)17-7-5-4-6-8-17/h4-13,22-23H,14H2,1-3H3. The van der Waals surface area contributed by atoms with Crippen LogP contribution >= 0.6 is 0 Å². The van der Waals surface area contributed by atoms with E-state index in [9.17, 15) is 0 Å². The highest BCUT2D eigenvalue weighted by molar-refractivity contribution is 5.68. The number of nitrogens with zero attached hydrogens (tertiary/aromatic N) is 2. The van der Waals surface area contributed by atoms with Gasteiger partial charge in [-0.3, -0.25) is 4.90 Å². The van der Waals surface area contributed by atoms with E-state index < -0.39 is 0 Å². The molecule has 0 bridgehead atoms. The first-order valence-corrected chi connectivity index (χ1v) is 9.05. The fourth-order valence-electron chi connectivity index (χ4n) is 3.39. The molecule has 5 nitrogen and oxygen atoms in total. The first kappa shape index (κ1) is 17.4. The zero-order valence-electron chi connectivity index (χ0n) is 15.8. The number of anilines is 1. The Kier molecular flexibility index (Phi) is 4.69. The van der Waals surface area contributed by atoms with Crippen LogP contribution in [0.3, 0.4) is 0 Å². The van der Waals surface area contributed by atoms with E-state index in [1.54, 1.807) is 6.26 Å². The summed E-state index contributed by atoms with van der Waals surface area (Å²) in [5, 5.41) is 7.47. The van der Waals surface area contributed by atoms with E-state index in [-0.39, 0.29) is 6.23 Å². The van der Waals surface area contributed by atoms with Crippen LogP contribution in [0.1, 0.15) is 28.7 Å². The Morgan fingerprint density at radius 2 is 1.93 bits per heavy atom. The topological polar surface area (TPSA) is 50.5 Å². The molecule has 0 aliphatic carbocycles. The number of aromatic nitrogens is 1. The van der Waals surface area contributed by atoms with E-state index in [0.29, 0.717) is 0 Å². The molecule has 1 atom stereocenters. The maximum Gasteiger partial charge on any atom is 0.203 e. The van der Waals surface area contributed by atoms with Crippen molar-refractivity contribution in [3.05, 3.63) is 83.4 Å². The van der Waals surface area contributed by atoms with Crippen molar-refractivity contribution >= 4 is 5.82 Å². The Morgan fingerprint density at radius 3 is 2.63 bits per heavy atom. The van der Waals surface area contributed by atoms with Crippen LogP contribution in [-0.2, 0) is 11.3 Å². The third kappa shape index (κ3) is 3.22. The van der Waals surface area contributed by atoms with Crippen molar-refractivity contribution in [1.82, 2.24) is 10.5 Å². The normalized spacial score (nSPS) is 16.0. The molecule has 1 N–H and O–H groups in total. The van der Waals surface area contributed by atoms with Gasteiger partial charge in [-0.25, -0.2) is 0 Å². The summed E-state index contributed by atoms with van der Waals surface area (Å²) in [5.41, 5.74) is 5.75. The summed E-state index contributed by atoms with van der Waals surface area (Å²) in [6, 6.07) is 16.9. The molecule has 0 spiro atoms. The minimum Gasteiger partial charge on any atom is -0.472 e. The number of nitrogens with one attached hydrogen (secondary N) is 1. The third-order valence-electron chi connectivity index (χ3n) is 4.93. The molecule has 27 heavy (non-hydrogen) atoms. The van der Waals surface area contributed by atoms with Crippen molar-refractivity contribution in [2.24, 2.45) is 0 Å². The van der Waals surface area contributed by atoms with Crippen molar-refractivity contribution in [2.45, 2.75) is 26.6 Å². The summed E-state index contributed by atoms with van der Waals surface area (Å²) >= 11 is 0. The number of rotatable bonds is 5. The van der Waals surface area contributed by atoms with Crippen LogP contribution in [0.2, 0.25) is 0 Å². The Labute approximate surface area is 159 Å². The van der Waals surface area contributed by atoms with Gasteiger partial charge in [0.1, 0.15) is 12.0 Å². The SMILES string of the molecule is CNCc1cc(C2OC=CN2c2noc(C)c2C)ccc1-c1ccccc1. The van der Waals surface area contributed by atoms with E-state index in [1.165, 1.54) is 16.7 Å². The van der Waals surface area contributed by atoms with E-state index >= 15 is 0 Å². The smallest absolute Gasteiger partial charge is 0.203 e. The fourth-order valence-corrected chi connectivity index (χ4v) is 3.39. The monoisotopic (exact) mass is 361 g/mol. The number of benzene rings is 2. The third-order valence-corrected chi connectivity index (χ3v) is 4.93. The van der Waals surface area contributed by atoms with Crippen LogP contribution in [-0.4, -0.2) is 12.2 Å². The zero-order valence-corrected chi connectivity index (χ0v) is 15.8. The number of ether oxygens (including phenoxy) is 1. The summed E-state index contributed by atoms with van der Waals surface area (Å²) in [4.78, 5) is 2.01. The number of hydrogen-bond donors (Lipinski definition) is 1. The van der Waals surface area contributed by atoms with Crippen molar-refractivity contribution in [2.75, 3.05) is 11.9 Å². The Hall–Kier alpha value is -3.05. The summed E-state index contributed by atoms with van der Waals surface area (Å²) in [7, 11) is 1.96. The average Bonchev–Trinajstić information content (AvgIpc) is 3.30. The van der Waals surface area contributed by atoms with Gasteiger partial charge in [0, 0.05) is 23.9 Å². The highest BCUT2D eigenvalue weighted by Crippen LogP contribution is 2.36. The molecule has 0 fully saturated rings. The van der Waals surface area contributed by atoms with E-state index in [1.807, 2.05) is 38.1 Å². The van der Waals surface area contributed by atoms with Crippen LogP contribution in [0.4, 0.5) is 5.82 Å². The lowest BCUT2D eigenvalue weighted by atomic mass is 9.96. The van der Waals surface area contributed by atoms with Gasteiger partial charge in [-0.1, -0.05) is 47.6 Å². The molecule has 1 aliphatic rings. The molecular formula is C22H23N3O2. The van der Waals surface area contributed by atoms with E-state index in [2.05, 4.69) is 52.9 Å². The molecular weight excluding hydrogens is 338 g/mol. The van der Waals surface area contributed by atoms with Gasteiger partial charge in [0.05, 0.1) is 0 Å². The molecule has 0 amide bonds. The molecule has 0 saturated carbocycles. The summed E-state index contributed by atoms with van der Waals surface area (Å²) in [6.07, 6.45) is 3.35. The van der Waals surface area contributed by atoms with Gasteiger partial charge in [-0.2, -0.15) is 0 Å². The molecule has 5 heteroatoms. The summed E-state index contributed by atoms with van der Waals surface area (Å²) in [6.45, 7) is 4.71. The minimum absolute atomic E-state index is 0.256. The molecule has 2 heterocycles. The quantitative estimate of drug-likeness (QED) is 0.715. The van der Waals surface area contributed by atoms with Crippen molar-refractivity contribution in [1.29, 1.82) is 0 Å². The molecule has 0 saturated heterocycles. The lowest BCUT2D eigenvalue weighted by molar-refractivity contribution is 0.173. The molecule has 1 unspecified atom stereocenters. The van der Waals surface area contributed by atoms with Gasteiger partial charge in [0.2, 0.25) is 6.23 Å². The highest BCUT2D eigenvalue weighted by Gasteiger charge is 2.28. The Balaban J connectivity index is 1.71. The maximum absolute atomic E-state index is 5.89. The molecule has 4 rings (SSSR count). The van der Waals surface area contributed by atoms with Gasteiger partial charge >= 0.3 is 0 Å². The van der Waals surface area contributed by atoms with Gasteiger partial charge in [0.15, 0.2) is 5.82 Å². The molecule has 3 aromatic rings. The highest BCUT2D eigenvalue weighted by atomic mass is 16.5. The van der Waals surface area contributed by atoms with Crippen molar-refractivity contribution < 1.29 is 9.26 Å². The van der Waals surface area contributed by atoms with Gasteiger partial charge in [-0.15, -0.1) is 0 Å². The van der Waals surface area contributed by atoms with Crippen molar-refractivity contribution in [3.8, 4) is 11.1 Å². The molecule has 1 aliphatic heterocycles. The second kappa shape index (κ2) is 7.29. The lowest BCUT2D eigenvalue weighted by Crippen LogP contribution is -2.21. The molecule has 2 aromatic carbocycles. The van der Waals surface area contributed by atoms with Crippen LogP contribution in [0.5, 0.6) is 0 Å². The number of aryl methyl sites for hydroxylation is 1. The second-order valence-electron chi connectivity index (χ2n) is 6.68. The van der Waals surface area contributed by atoms with Gasteiger partial charge < -0.3 is 14.6 Å². The summed E-state index contributed by atoms with van der Waals surface area (Å²) < 4.78 is 11.2. The Morgan fingerprint density at radius 1 is 1.11 bits per heavy atom. The van der Waals surface area contributed by atoms with Crippen LogP contribution < -0.4 is 10.2 Å². The largest absolute Gasteiger partial charge is 0.472 e. The van der Waals surface area contributed by atoms with Crippen LogP contribution in [0, 0.1) is 13.8 Å². The predicted octanol–water partition coefficient (Wildman–Crippen LogP) is 4.68. The first-order valence-electron chi connectivity index (χ1n) is 9.05. The predicted molar refractivity (Wildman–Crippen MR) is 106 cm³/mol. The second-order valence-corrected chi connectivity index (χ2v) is 6.68. The van der Waals surface area contributed by atoms with Crippen LogP contribution in [0.15, 0.2) is 65.5 Å². The fraction of sp³-hybridized carbons (Fsp3) is 0.227. The zero-order chi connectivity index (χ0) is 18.8. The lowest BCUT2D eigenvalue weighted by Gasteiger charge is -2.24. The Bertz CT molecular complexity index is 963.